The summed E-state index contributed by atoms with van der Waals surface area (Å²) in [7, 11) is 0. The second kappa shape index (κ2) is 5.74. The van der Waals surface area contributed by atoms with Gasteiger partial charge in [0.2, 0.25) is 5.78 Å². The number of carbonyl (C=O) groups is 1. The van der Waals surface area contributed by atoms with E-state index in [1.807, 2.05) is 4.90 Å². The first-order valence-corrected chi connectivity index (χ1v) is 8.17. The van der Waals surface area contributed by atoms with E-state index in [1.165, 1.54) is 6.20 Å². The molecule has 1 N–H and O–H groups in total. The van der Waals surface area contributed by atoms with Crippen molar-refractivity contribution in [3.8, 4) is 0 Å². The molecule has 2 aromatic rings. The zero-order valence-electron chi connectivity index (χ0n) is 12.7. The maximum Gasteiger partial charge on any atom is 0.274 e. The Morgan fingerprint density at radius 1 is 1.35 bits per heavy atom. The van der Waals surface area contributed by atoms with Gasteiger partial charge in [0, 0.05) is 18.9 Å². The quantitative estimate of drug-likeness (QED) is 0.841. The van der Waals surface area contributed by atoms with Crippen LogP contribution in [0, 0.1) is 0 Å². The van der Waals surface area contributed by atoms with Crippen molar-refractivity contribution >= 4 is 23.3 Å². The fraction of sp³-hybridized carbons (Fsp3) is 0.533. The van der Waals surface area contributed by atoms with Gasteiger partial charge >= 0.3 is 0 Å². The monoisotopic (exact) mass is 335 g/mol. The lowest BCUT2D eigenvalue weighted by molar-refractivity contribution is -0.114. The molecule has 4 rings (SSSR count). The van der Waals surface area contributed by atoms with Gasteiger partial charge in [0.1, 0.15) is 5.69 Å². The molecule has 1 amide bonds. The van der Waals surface area contributed by atoms with Gasteiger partial charge in [-0.25, -0.2) is 9.97 Å². The van der Waals surface area contributed by atoms with Crippen molar-refractivity contribution < 1.29 is 9.53 Å². The lowest BCUT2D eigenvalue weighted by Crippen LogP contribution is -2.57. The van der Waals surface area contributed by atoms with Crippen LogP contribution in [0.15, 0.2) is 18.6 Å². The van der Waals surface area contributed by atoms with Crippen LogP contribution in [0.1, 0.15) is 23.3 Å². The Morgan fingerprint density at radius 3 is 3.00 bits per heavy atom. The van der Waals surface area contributed by atoms with Crippen molar-refractivity contribution in [3.05, 3.63) is 29.3 Å². The Kier molecular flexibility index (Phi) is 3.71. The van der Waals surface area contributed by atoms with Gasteiger partial charge in [-0.1, -0.05) is 11.6 Å². The van der Waals surface area contributed by atoms with Gasteiger partial charge in [-0.3, -0.25) is 9.20 Å². The summed E-state index contributed by atoms with van der Waals surface area (Å²) >= 11 is 5.92. The highest BCUT2D eigenvalue weighted by Crippen LogP contribution is 2.28. The molecule has 2 aromatic heterocycles. The second-order valence-electron chi connectivity index (χ2n) is 6.11. The van der Waals surface area contributed by atoms with E-state index < -0.39 is 0 Å². The summed E-state index contributed by atoms with van der Waals surface area (Å²) in [6.07, 6.45) is 6.76. The van der Waals surface area contributed by atoms with Gasteiger partial charge in [-0.15, -0.1) is 0 Å². The Balaban J connectivity index is 1.57. The van der Waals surface area contributed by atoms with E-state index in [0.717, 1.165) is 25.9 Å². The minimum absolute atomic E-state index is 0.0761. The van der Waals surface area contributed by atoms with Crippen LogP contribution in [-0.2, 0) is 4.74 Å². The topological polar surface area (TPSA) is 71.8 Å². The van der Waals surface area contributed by atoms with Gasteiger partial charge in [0.25, 0.3) is 5.91 Å². The Labute approximate surface area is 138 Å². The summed E-state index contributed by atoms with van der Waals surface area (Å²) in [6.45, 7) is 3.65. The zero-order valence-corrected chi connectivity index (χ0v) is 13.4. The van der Waals surface area contributed by atoms with Crippen LogP contribution in [-0.4, -0.2) is 63.6 Å². The van der Waals surface area contributed by atoms with Gasteiger partial charge in [0.15, 0.2) is 0 Å². The summed E-state index contributed by atoms with van der Waals surface area (Å²) < 4.78 is 7.68. The van der Waals surface area contributed by atoms with Gasteiger partial charge in [-0.2, -0.15) is 0 Å². The Hall–Kier alpha value is -1.70. The van der Waals surface area contributed by atoms with E-state index in [2.05, 4.69) is 15.3 Å². The molecule has 0 aromatic carbocycles. The van der Waals surface area contributed by atoms with Crippen LogP contribution in [0.3, 0.4) is 0 Å². The number of imidazole rings is 1. The predicted molar refractivity (Wildman–Crippen MR) is 84.7 cm³/mol. The molecule has 0 saturated carbocycles. The Bertz CT molecular complexity index is 735. The number of nitrogens with one attached hydrogen (secondary N) is 1. The zero-order chi connectivity index (χ0) is 15.9. The first kappa shape index (κ1) is 14.9. The lowest BCUT2D eigenvalue weighted by Gasteiger charge is -2.44. The smallest absolute Gasteiger partial charge is 0.274 e. The summed E-state index contributed by atoms with van der Waals surface area (Å²) in [4.78, 5) is 23.1. The van der Waals surface area contributed by atoms with Crippen molar-refractivity contribution in [1.29, 1.82) is 0 Å². The van der Waals surface area contributed by atoms with E-state index >= 15 is 0 Å². The molecule has 7 nitrogen and oxygen atoms in total. The molecule has 0 unspecified atom stereocenters. The number of piperidine rings is 1. The third kappa shape index (κ3) is 2.80. The molecule has 0 radical (unpaired) electrons. The fourth-order valence-corrected chi connectivity index (χ4v) is 3.48. The van der Waals surface area contributed by atoms with Crippen molar-refractivity contribution in [2.45, 2.75) is 18.4 Å². The molecule has 122 valence electrons. The number of amides is 1. The van der Waals surface area contributed by atoms with E-state index in [1.54, 1.807) is 16.8 Å². The van der Waals surface area contributed by atoms with Crippen LogP contribution in [0.4, 0.5) is 0 Å². The van der Waals surface area contributed by atoms with Crippen molar-refractivity contribution in [2.24, 2.45) is 0 Å². The largest absolute Gasteiger partial charge is 0.371 e. The van der Waals surface area contributed by atoms with Gasteiger partial charge in [0.05, 0.1) is 30.0 Å². The molecule has 0 aliphatic carbocycles. The SMILES string of the molecule is O=C(c1cn2cc(Cl)cnc2n1)N1CCOC2(CCNCC2)C1. The van der Waals surface area contributed by atoms with E-state index in [4.69, 9.17) is 16.3 Å². The van der Waals surface area contributed by atoms with Gasteiger partial charge < -0.3 is 15.0 Å². The molecule has 2 saturated heterocycles. The second-order valence-corrected chi connectivity index (χ2v) is 6.55. The number of hydrogen-bond donors (Lipinski definition) is 1. The first-order chi connectivity index (χ1) is 11.2. The highest BCUT2D eigenvalue weighted by molar-refractivity contribution is 6.30. The average molecular weight is 336 g/mol. The number of carbonyl (C=O) groups excluding carboxylic acids is 1. The van der Waals surface area contributed by atoms with E-state index in [-0.39, 0.29) is 11.5 Å². The molecular formula is C15H18ClN5O2. The molecule has 1 spiro atoms. The number of rotatable bonds is 1. The molecule has 2 aliphatic rings. The maximum absolute atomic E-state index is 12.8. The summed E-state index contributed by atoms with van der Waals surface area (Å²) in [5.74, 6) is 0.399. The number of fused-ring (bicyclic) bond motifs is 1. The third-order valence-electron chi connectivity index (χ3n) is 4.55. The number of nitrogens with zero attached hydrogens (tertiary/aromatic N) is 4. The Morgan fingerprint density at radius 2 is 2.17 bits per heavy atom. The molecule has 2 aliphatic heterocycles. The molecule has 2 fully saturated rings. The number of ether oxygens (including phenoxy) is 1. The summed E-state index contributed by atoms with van der Waals surface area (Å²) in [5, 5.41) is 3.84. The standard InChI is InChI=1S/C15H18ClN5O2/c16-11-7-18-14-19-12(9-21(14)8-11)13(22)20-5-6-23-15(10-20)1-3-17-4-2-15/h7-9,17H,1-6,10H2. The summed E-state index contributed by atoms with van der Waals surface area (Å²) in [5.41, 5.74) is 0.186. The van der Waals surface area contributed by atoms with Crippen molar-refractivity contribution in [1.82, 2.24) is 24.6 Å². The highest BCUT2D eigenvalue weighted by atomic mass is 35.5. The third-order valence-corrected chi connectivity index (χ3v) is 4.74. The number of aromatic nitrogens is 3. The van der Waals surface area contributed by atoms with Crippen molar-refractivity contribution in [2.75, 3.05) is 32.8 Å². The number of hydrogen-bond acceptors (Lipinski definition) is 5. The van der Waals surface area contributed by atoms with E-state index in [9.17, 15) is 4.79 Å². The van der Waals surface area contributed by atoms with Crippen LogP contribution < -0.4 is 5.32 Å². The summed E-state index contributed by atoms with van der Waals surface area (Å²) in [6, 6.07) is 0. The molecule has 8 heteroatoms. The minimum atomic E-state index is -0.208. The molecule has 0 bridgehead atoms. The molecule has 4 heterocycles. The average Bonchev–Trinajstić information content (AvgIpc) is 2.98. The molecular weight excluding hydrogens is 318 g/mol. The first-order valence-electron chi connectivity index (χ1n) is 7.79. The van der Waals surface area contributed by atoms with E-state index in [0.29, 0.717) is 36.2 Å². The predicted octanol–water partition coefficient (Wildman–Crippen LogP) is 0.977. The minimum Gasteiger partial charge on any atom is -0.371 e. The van der Waals surface area contributed by atoms with Crippen molar-refractivity contribution in [3.63, 3.8) is 0 Å². The van der Waals surface area contributed by atoms with Gasteiger partial charge in [-0.05, 0) is 25.9 Å². The van der Waals surface area contributed by atoms with Crippen LogP contribution in [0.25, 0.3) is 5.78 Å². The number of halogens is 1. The van der Waals surface area contributed by atoms with Crippen LogP contribution in [0.5, 0.6) is 0 Å². The highest BCUT2D eigenvalue weighted by Gasteiger charge is 2.39. The fourth-order valence-electron chi connectivity index (χ4n) is 3.33. The van der Waals surface area contributed by atoms with Crippen LogP contribution in [0.2, 0.25) is 5.02 Å². The number of morpholine rings is 1. The van der Waals surface area contributed by atoms with Crippen LogP contribution >= 0.6 is 11.6 Å². The normalized spacial score (nSPS) is 21.0. The maximum atomic E-state index is 12.8. The molecule has 23 heavy (non-hydrogen) atoms. The molecule has 0 atom stereocenters. The lowest BCUT2D eigenvalue weighted by atomic mass is 9.90.